The van der Waals surface area contributed by atoms with Gasteiger partial charge in [-0.1, -0.05) is 23.5 Å². The summed E-state index contributed by atoms with van der Waals surface area (Å²) in [6.45, 7) is 1.66. The molecule has 0 aliphatic carbocycles. The van der Waals surface area contributed by atoms with Crippen molar-refractivity contribution in [3.8, 4) is 0 Å². The molecule has 5 nitrogen and oxygen atoms in total. The van der Waals surface area contributed by atoms with Gasteiger partial charge in [0.2, 0.25) is 5.91 Å². The van der Waals surface area contributed by atoms with Crippen LogP contribution < -0.4 is 5.32 Å². The van der Waals surface area contributed by atoms with Gasteiger partial charge in [-0.2, -0.15) is 0 Å². The lowest BCUT2D eigenvalue weighted by Crippen LogP contribution is -2.14. The SMILES string of the molecule is COC(=O)c1sc(NC(=O)Cc2cccc(F)c2)nc1C. The zero-order chi connectivity index (χ0) is 15.4. The van der Waals surface area contributed by atoms with E-state index < -0.39 is 11.8 Å². The quantitative estimate of drug-likeness (QED) is 0.881. The van der Waals surface area contributed by atoms with Crippen LogP contribution in [0.5, 0.6) is 0 Å². The van der Waals surface area contributed by atoms with Crippen LogP contribution in [0.15, 0.2) is 24.3 Å². The van der Waals surface area contributed by atoms with Crippen molar-refractivity contribution in [3.63, 3.8) is 0 Å². The normalized spacial score (nSPS) is 10.2. The second kappa shape index (κ2) is 6.45. The Kier molecular flexibility index (Phi) is 4.64. The van der Waals surface area contributed by atoms with Gasteiger partial charge in [0.1, 0.15) is 10.7 Å². The molecule has 0 atom stereocenters. The number of aromatic nitrogens is 1. The first-order chi connectivity index (χ1) is 9.99. The molecule has 2 aromatic rings. The molecule has 1 N–H and O–H groups in total. The molecule has 0 fully saturated rings. The van der Waals surface area contributed by atoms with Crippen LogP contribution >= 0.6 is 11.3 Å². The smallest absolute Gasteiger partial charge is 0.350 e. The van der Waals surface area contributed by atoms with Gasteiger partial charge >= 0.3 is 5.97 Å². The first kappa shape index (κ1) is 15.1. The summed E-state index contributed by atoms with van der Waals surface area (Å²) in [7, 11) is 1.28. The van der Waals surface area contributed by atoms with E-state index >= 15 is 0 Å². The minimum atomic E-state index is -0.490. The number of carbonyl (C=O) groups is 2. The molecule has 1 aromatic carbocycles. The molecule has 1 amide bonds. The van der Waals surface area contributed by atoms with Gasteiger partial charge < -0.3 is 10.1 Å². The number of esters is 1. The topological polar surface area (TPSA) is 68.3 Å². The number of rotatable bonds is 4. The standard InChI is InChI=1S/C14H13FN2O3S/c1-8-12(13(19)20-2)21-14(16-8)17-11(18)7-9-4-3-5-10(15)6-9/h3-6H,7H2,1-2H3,(H,16,17,18). The molecule has 0 aliphatic heterocycles. The zero-order valence-corrected chi connectivity index (χ0v) is 12.3. The first-order valence-electron chi connectivity index (χ1n) is 6.09. The Morgan fingerprint density at radius 1 is 1.43 bits per heavy atom. The monoisotopic (exact) mass is 308 g/mol. The minimum Gasteiger partial charge on any atom is -0.465 e. The van der Waals surface area contributed by atoms with Crippen molar-refractivity contribution >= 4 is 28.3 Å². The first-order valence-corrected chi connectivity index (χ1v) is 6.91. The molecule has 0 spiro atoms. The average molecular weight is 308 g/mol. The second-order valence-corrected chi connectivity index (χ2v) is 5.28. The molecular formula is C14H13FN2O3S. The molecule has 21 heavy (non-hydrogen) atoms. The zero-order valence-electron chi connectivity index (χ0n) is 11.5. The van der Waals surface area contributed by atoms with Crippen LogP contribution in [0.25, 0.3) is 0 Å². The maximum Gasteiger partial charge on any atom is 0.350 e. The van der Waals surface area contributed by atoms with Crippen LogP contribution in [-0.2, 0) is 16.0 Å². The third-order valence-electron chi connectivity index (χ3n) is 2.67. The highest BCUT2D eigenvalue weighted by atomic mass is 32.1. The summed E-state index contributed by atoms with van der Waals surface area (Å²) in [6, 6.07) is 5.82. The van der Waals surface area contributed by atoms with Crippen LogP contribution in [-0.4, -0.2) is 24.0 Å². The van der Waals surface area contributed by atoms with Crippen molar-refractivity contribution in [2.24, 2.45) is 0 Å². The Balaban J connectivity index is 2.05. The van der Waals surface area contributed by atoms with E-state index in [1.807, 2.05) is 0 Å². The maximum absolute atomic E-state index is 13.0. The largest absolute Gasteiger partial charge is 0.465 e. The Morgan fingerprint density at radius 2 is 2.19 bits per heavy atom. The number of thiazole rings is 1. The van der Waals surface area contributed by atoms with Crippen LogP contribution in [0.2, 0.25) is 0 Å². The number of hydrogen-bond acceptors (Lipinski definition) is 5. The highest BCUT2D eigenvalue weighted by Crippen LogP contribution is 2.23. The summed E-state index contributed by atoms with van der Waals surface area (Å²) in [5, 5.41) is 2.90. The number of nitrogens with zero attached hydrogens (tertiary/aromatic N) is 1. The van der Waals surface area contributed by atoms with E-state index in [0.29, 0.717) is 21.3 Å². The van der Waals surface area contributed by atoms with Crippen molar-refractivity contribution in [3.05, 3.63) is 46.2 Å². The molecule has 0 saturated carbocycles. The van der Waals surface area contributed by atoms with E-state index in [1.165, 1.54) is 19.2 Å². The lowest BCUT2D eigenvalue weighted by atomic mass is 10.1. The van der Waals surface area contributed by atoms with Crippen molar-refractivity contribution in [2.45, 2.75) is 13.3 Å². The number of aryl methyl sites for hydroxylation is 1. The Hall–Kier alpha value is -2.28. The lowest BCUT2D eigenvalue weighted by Gasteiger charge is -2.02. The van der Waals surface area contributed by atoms with E-state index in [1.54, 1.807) is 19.1 Å². The number of amides is 1. The van der Waals surface area contributed by atoms with Gasteiger partial charge in [0, 0.05) is 0 Å². The van der Waals surface area contributed by atoms with Gasteiger partial charge in [-0.25, -0.2) is 14.2 Å². The molecule has 0 radical (unpaired) electrons. The summed E-state index contributed by atoms with van der Waals surface area (Å²) < 4.78 is 17.7. The van der Waals surface area contributed by atoms with Gasteiger partial charge in [0.15, 0.2) is 5.13 Å². The van der Waals surface area contributed by atoms with E-state index in [4.69, 9.17) is 0 Å². The third kappa shape index (κ3) is 3.85. The highest BCUT2D eigenvalue weighted by Gasteiger charge is 2.17. The van der Waals surface area contributed by atoms with E-state index in [0.717, 1.165) is 11.3 Å². The number of nitrogens with one attached hydrogen (secondary N) is 1. The maximum atomic E-state index is 13.0. The number of halogens is 1. The fourth-order valence-corrected chi connectivity index (χ4v) is 2.63. The summed E-state index contributed by atoms with van der Waals surface area (Å²) >= 11 is 1.04. The molecular weight excluding hydrogens is 295 g/mol. The lowest BCUT2D eigenvalue weighted by molar-refractivity contribution is -0.115. The van der Waals surface area contributed by atoms with Gasteiger partial charge in [-0.3, -0.25) is 4.79 Å². The van der Waals surface area contributed by atoms with Crippen LogP contribution in [0.4, 0.5) is 9.52 Å². The van der Waals surface area contributed by atoms with Gasteiger partial charge in [-0.05, 0) is 24.6 Å². The molecule has 0 unspecified atom stereocenters. The summed E-state index contributed by atoms with van der Waals surface area (Å²) in [5.74, 6) is -1.21. The van der Waals surface area contributed by atoms with E-state index in [2.05, 4.69) is 15.0 Å². The van der Waals surface area contributed by atoms with Crippen molar-refractivity contribution in [2.75, 3.05) is 12.4 Å². The fraction of sp³-hybridized carbons (Fsp3) is 0.214. The van der Waals surface area contributed by atoms with Crippen LogP contribution in [0, 0.1) is 12.7 Å². The number of ether oxygens (including phenoxy) is 1. The third-order valence-corrected chi connectivity index (χ3v) is 3.72. The molecule has 1 aromatic heterocycles. The number of anilines is 1. The molecule has 2 rings (SSSR count). The Bertz CT molecular complexity index is 685. The molecule has 110 valence electrons. The average Bonchev–Trinajstić information content (AvgIpc) is 2.78. The highest BCUT2D eigenvalue weighted by molar-refractivity contribution is 7.17. The Labute approximate surface area is 124 Å². The summed E-state index contributed by atoms with van der Waals surface area (Å²) in [5.41, 5.74) is 1.06. The van der Waals surface area contributed by atoms with Crippen molar-refractivity contribution in [1.82, 2.24) is 4.98 Å². The molecule has 0 aliphatic rings. The van der Waals surface area contributed by atoms with E-state index in [-0.39, 0.29) is 12.3 Å². The van der Waals surface area contributed by atoms with E-state index in [9.17, 15) is 14.0 Å². The number of methoxy groups -OCH3 is 1. The predicted molar refractivity (Wildman–Crippen MR) is 76.9 cm³/mol. The summed E-state index contributed by atoms with van der Waals surface area (Å²) in [4.78, 5) is 27.8. The van der Waals surface area contributed by atoms with Crippen LogP contribution in [0.3, 0.4) is 0 Å². The van der Waals surface area contributed by atoms with Gasteiger partial charge in [0.25, 0.3) is 0 Å². The molecule has 0 bridgehead atoms. The predicted octanol–water partition coefficient (Wildman–Crippen LogP) is 2.56. The minimum absolute atomic E-state index is 0.0317. The molecule has 7 heteroatoms. The fourth-order valence-electron chi connectivity index (χ4n) is 1.73. The molecule has 0 saturated heterocycles. The van der Waals surface area contributed by atoms with Crippen molar-refractivity contribution in [1.29, 1.82) is 0 Å². The van der Waals surface area contributed by atoms with Gasteiger partial charge in [0.05, 0.1) is 19.2 Å². The number of carbonyl (C=O) groups excluding carboxylic acids is 2. The number of hydrogen-bond donors (Lipinski definition) is 1. The Morgan fingerprint density at radius 3 is 2.86 bits per heavy atom. The number of benzene rings is 1. The second-order valence-electron chi connectivity index (χ2n) is 4.28. The van der Waals surface area contributed by atoms with Crippen LogP contribution in [0.1, 0.15) is 20.9 Å². The molecule has 1 heterocycles. The van der Waals surface area contributed by atoms with Crippen molar-refractivity contribution < 1.29 is 18.7 Å². The van der Waals surface area contributed by atoms with Gasteiger partial charge in [-0.15, -0.1) is 0 Å². The summed E-state index contributed by atoms with van der Waals surface area (Å²) in [6.07, 6.45) is 0.0317.